The maximum absolute atomic E-state index is 13.7. The van der Waals surface area contributed by atoms with E-state index >= 15 is 0 Å². The van der Waals surface area contributed by atoms with E-state index in [-0.39, 0.29) is 49.5 Å². The Hall–Kier alpha value is -7.68. The lowest BCUT2D eigenvalue weighted by molar-refractivity contribution is -0.132. The summed E-state index contributed by atoms with van der Waals surface area (Å²) >= 11 is 0. The fourth-order valence-corrected chi connectivity index (χ4v) is 10.9. The number of hydrogen-bond acceptors (Lipinski definition) is 15. The molecule has 2 aliphatic heterocycles. The van der Waals surface area contributed by atoms with Crippen LogP contribution in [0.2, 0.25) is 0 Å². The second-order valence-electron chi connectivity index (χ2n) is 17.8. The summed E-state index contributed by atoms with van der Waals surface area (Å²) in [5.74, 6) is -12.6. The Balaban J connectivity index is 1.36. The van der Waals surface area contributed by atoms with E-state index < -0.39 is 120 Å². The third-order valence-electron chi connectivity index (χ3n) is 12.2. The van der Waals surface area contributed by atoms with E-state index in [0.717, 1.165) is 5.56 Å². The average molecular weight is 1100 g/mol. The SMILES string of the molecule is O=C1CCN=c2cc3c(cc2-c2ccccc2)=C(c2ccccc2C(=O)O)c2cc(-c4ccccc4)c(cc2O3)NCCC(=O)NC(CS(=O)(=O)O)C(=O)CC(CS(=O)(=O)O)C(=O)NC(CS(=O)(=O)O)C(=O)CCCN1. The van der Waals surface area contributed by atoms with Crippen molar-refractivity contribution < 1.29 is 77.5 Å². The van der Waals surface area contributed by atoms with Gasteiger partial charge in [-0.25, -0.2) is 4.79 Å². The number of carbonyl (C=O) groups is 6. The van der Waals surface area contributed by atoms with Crippen molar-refractivity contribution in [2.45, 2.75) is 44.2 Å². The largest absolute Gasteiger partial charge is 0.478 e. The first-order valence-corrected chi connectivity index (χ1v) is 28.3. The molecule has 2 aliphatic rings. The number of ketones is 2. The molecule has 400 valence electrons. The van der Waals surface area contributed by atoms with Crippen LogP contribution in [0, 0.1) is 5.92 Å². The van der Waals surface area contributed by atoms with Crippen LogP contribution in [-0.2, 0) is 54.3 Å². The first-order chi connectivity index (χ1) is 35.9. The van der Waals surface area contributed by atoms with Gasteiger partial charge in [0.15, 0.2) is 11.6 Å². The Morgan fingerprint density at radius 3 is 1.83 bits per heavy atom. The Bertz CT molecular complexity index is 3580. The maximum atomic E-state index is 13.7. The van der Waals surface area contributed by atoms with Crippen LogP contribution in [0.3, 0.4) is 0 Å². The van der Waals surface area contributed by atoms with Crippen LogP contribution >= 0.6 is 0 Å². The number of Topliss-reactive ketones (excluding diaryl/α,β-unsaturated/α-hetero) is 2. The third-order valence-corrected chi connectivity index (χ3v) is 14.5. The van der Waals surface area contributed by atoms with Gasteiger partial charge in [-0.3, -0.25) is 42.6 Å². The van der Waals surface area contributed by atoms with Gasteiger partial charge in [0, 0.05) is 90.6 Å². The monoisotopic (exact) mass is 1100 g/mol. The smallest absolute Gasteiger partial charge is 0.336 e. The Kier molecular flexibility index (Phi) is 17.6. The van der Waals surface area contributed by atoms with Crippen LogP contribution in [0.1, 0.15) is 53.6 Å². The molecule has 7 rings (SSSR count). The minimum Gasteiger partial charge on any atom is -0.478 e. The molecule has 5 aromatic carbocycles. The predicted molar refractivity (Wildman–Crippen MR) is 276 cm³/mol. The van der Waals surface area contributed by atoms with Gasteiger partial charge >= 0.3 is 5.97 Å². The number of ether oxygens (including phenoxy) is 1. The highest BCUT2D eigenvalue weighted by atomic mass is 32.2. The molecule has 22 nitrogen and oxygen atoms in total. The molecule has 8 N–H and O–H groups in total. The second-order valence-corrected chi connectivity index (χ2v) is 22.3. The fraction of sp³-hybridized carbons (Fsp3) is 0.275. The molecule has 3 atom stereocenters. The molecule has 2 heterocycles. The van der Waals surface area contributed by atoms with Crippen molar-refractivity contribution >= 4 is 76.9 Å². The number of carboxylic acids is 1. The summed E-state index contributed by atoms with van der Waals surface area (Å²) in [5.41, 5.74) is 4.21. The van der Waals surface area contributed by atoms with Crippen LogP contribution in [0.15, 0.2) is 114 Å². The van der Waals surface area contributed by atoms with Gasteiger partial charge in [0.05, 0.1) is 22.6 Å². The molecule has 0 aliphatic carbocycles. The summed E-state index contributed by atoms with van der Waals surface area (Å²) in [6.45, 7) is -0.439. The first-order valence-electron chi connectivity index (χ1n) is 23.5. The number of anilines is 1. The molecule has 5 aromatic rings. The topological polar surface area (TPSA) is 355 Å². The Morgan fingerprint density at radius 1 is 0.592 bits per heavy atom. The van der Waals surface area contributed by atoms with Crippen molar-refractivity contribution in [3.8, 4) is 33.8 Å². The standard InChI is InChI=1S/C51H51N5O17S3/c57-43-16-9-19-54-47(59)17-20-52-39-25-45-37(23-35(39)30-10-3-1-4-11-30)49(33-14-7-8-15-34(33)51(62)63)38-24-36(31-12-5-2-6-13-31)40(26-46(38)73-45)53-21-18-48(60)55-42(29-76(70,71)72)44(58)22-32(27-74(64,65)66)50(61)56-41(43)28-75(67,68)69/h1-8,10-15,23-26,32,41-42,53H,9,16-22,27-29H2,(H,54,59)(H,55,60)(H,56,61)(H,62,63)(H,64,65,66)(H,67,68,69)(H,70,71,72). The van der Waals surface area contributed by atoms with Gasteiger partial charge in [-0.2, -0.15) is 25.3 Å². The van der Waals surface area contributed by atoms with Crippen LogP contribution in [0.25, 0.3) is 27.8 Å². The summed E-state index contributed by atoms with van der Waals surface area (Å²) in [4.78, 5) is 85.1. The number of nitrogens with zero attached hydrogens (tertiary/aromatic N) is 1. The molecule has 0 fully saturated rings. The molecule has 0 radical (unpaired) electrons. The van der Waals surface area contributed by atoms with Gasteiger partial charge in [0.1, 0.15) is 35.1 Å². The van der Waals surface area contributed by atoms with Gasteiger partial charge in [-0.15, -0.1) is 0 Å². The fourth-order valence-electron chi connectivity index (χ4n) is 8.75. The molecular formula is C51H51N5O17S3. The van der Waals surface area contributed by atoms with E-state index in [1.54, 1.807) is 54.6 Å². The van der Waals surface area contributed by atoms with Crippen molar-refractivity contribution in [1.82, 2.24) is 16.0 Å². The first kappa shape index (κ1) is 56.1. The van der Waals surface area contributed by atoms with Crippen molar-refractivity contribution in [1.29, 1.82) is 0 Å². The summed E-state index contributed by atoms with van der Waals surface area (Å²) in [7, 11) is -15.3. The lowest BCUT2D eigenvalue weighted by atomic mass is 9.86. The summed E-state index contributed by atoms with van der Waals surface area (Å²) in [6, 6.07) is 27.3. The highest BCUT2D eigenvalue weighted by Gasteiger charge is 2.36. The van der Waals surface area contributed by atoms with Crippen molar-refractivity contribution in [2.75, 3.05) is 42.2 Å². The van der Waals surface area contributed by atoms with Gasteiger partial charge in [0.25, 0.3) is 30.4 Å². The van der Waals surface area contributed by atoms with Crippen molar-refractivity contribution in [3.05, 3.63) is 136 Å². The second kappa shape index (κ2) is 23.9. The zero-order valence-electron chi connectivity index (χ0n) is 40.2. The van der Waals surface area contributed by atoms with E-state index in [0.29, 0.717) is 49.7 Å². The summed E-state index contributed by atoms with van der Waals surface area (Å²) in [6.07, 6.45) is -2.57. The number of nitrogens with one attached hydrogen (secondary N) is 4. The predicted octanol–water partition coefficient (Wildman–Crippen LogP) is 2.57. The van der Waals surface area contributed by atoms with Gasteiger partial charge in [-0.05, 0) is 41.3 Å². The molecule has 25 heteroatoms. The molecular weight excluding hydrogens is 1050 g/mol. The van der Waals surface area contributed by atoms with Crippen molar-refractivity contribution in [2.24, 2.45) is 10.9 Å². The quantitative estimate of drug-likeness (QED) is 0.0914. The highest BCUT2D eigenvalue weighted by molar-refractivity contribution is 7.86. The lowest BCUT2D eigenvalue weighted by Gasteiger charge is -2.25. The van der Waals surface area contributed by atoms with E-state index in [4.69, 9.17) is 9.73 Å². The third kappa shape index (κ3) is 15.0. The van der Waals surface area contributed by atoms with Gasteiger partial charge < -0.3 is 31.1 Å². The van der Waals surface area contributed by atoms with Gasteiger partial charge in [0.2, 0.25) is 17.7 Å². The number of amides is 3. The van der Waals surface area contributed by atoms with E-state index in [2.05, 4.69) is 16.0 Å². The Labute approximate surface area is 435 Å². The van der Waals surface area contributed by atoms with Crippen LogP contribution < -0.4 is 36.6 Å². The van der Waals surface area contributed by atoms with Crippen LogP contribution in [0.4, 0.5) is 5.69 Å². The number of fused-ring (bicyclic) bond motifs is 2. The minimum absolute atomic E-state index is 0.0192. The molecule has 0 spiro atoms. The van der Waals surface area contributed by atoms with E-state index in [1.807, 2.05) is 53.8 Å². The highest BCUT2D eigenvalue weighted by Crippen LogP contribution is 2.43. The van der Waals surface area contributed by atoms with Crippen LogP contribution in [-0.4, -0.2) is 128 Å². The molecule has 0 saturated heterocycles. The van der Waals surface area contributed by atoms with Crippen molar-refractivity contribution in [3.63, 3.8) is 0 Å². The number of hydrogen-bond donors (Lipinski definition) is 8. The van der Waals surface area contributed by atoms with E-state index in [1.165, 1.54) is 6.07 Å². The van der Waals surface area contributed by atoms with Crippen LogP contribution in [0.5, 0.6) is 11.5 Å². The molecule has 76 heavy (non-hydrogen) atoms. The number of carboxylic acid groups (broad SMARTS) is 1. The average Bonchev–Trinajstić information content (AvgIpc) is 3.35. The number of carbonyl (C=O) groups excluding carboxylic acids is 5. The number of rotatable bonds is 10. The minimum atomic E-state index is -5.15. The maximum Gasteiger partial charge on any atom is 0.336 e. The zero-order valence-corrected chi connectivity index (χ0v) is 42.6. The molecule has 0 saturated carbocycles. The summed E-state index contributed by atoms with van der Waals surface area (Å²) < 4.78 is 108. The molecule has 0 aromatic heterocycles. The number of aromatic carboxylic acids is 1. The lowest BCUT2D eigenvalue weighted by Crippen LogP contribution is -2.50. The molecule has 3 amide bonds. The summed E-state index contributed by atoms with van der Waals surface area (Å²) in [5, 5.41) is 21.4. The Morgan fingerprint density at radius 2 is 1.20 bits per heavy atom. The zero-order chi connectivity index (χ0) is 55.0. The van der Waals surface area contributed by atoms with Gasteiger partial charge in [-0.1, -0.05) is 78.9 Å². The molecule has 3 unspecified atom stereocenters. The molecule has 4 bridgehead atoms. The number of benzene rings is 5. The normalized spacial score (nSPS) is 18.7. The van der Waals surface area contributed by atoms with E-state index in [9.17, 15) is 72.8 Å².